The third kappa shape index (κ3) is 3.94. The van der Waals surface area contributed by atoms with Gasteiger partial charge in [0.05, 0.1) is 6.04 Å². The second-order valence-corrected chi connectivity index (χ2v) is 6.15. The van der Waals surface area contributed by atoms with Crippen LogP contribution in [0.1, 0.15) is 24.1 Å². The molecule has 0 bridgehead atoms. The van der Waals surface area contributed by atoms with Gasteiger partial charge >= 0.3 is 0 Å². The molecule has 0 amide bonds. The average molecular weight is 351 g/mol. The quantitative estimate of drug-likeness (QED) is 0.490. The number of hydrogen-bond donors (Lipinski definition) is 3. The van der Waals surface area contributed by atoms with E-state index in [4.69, 9.17) is 0 Å². The first-order valence-electron chi connectivity index (χ1n) is 8.50. The van der Waals surface area contributed by atoms with Gasteiger partial charge in [0.25, 0.3) is 0 Å². The van der Waals surface area contributed by atoms with Gasteiger partial charge in [-0.1, -0.05) is 48.5 Å². The first kappa shape index (κ1) is 17.7. The van der Waals surface area contributed by atoms with E-state index in [2.05, 4.69) is 46.8 Å². The lowest BCUT2D eigenvalue weighted by Crippen LogP contribution is -2.38. The lowest BCUT2D eigenvalue weighted by molar-refractivity contribution is 0.431. The molecule has 0 aliphatic carbocycles. The molecule has 3 N–H and O–H groups in total. The fourth-order valence-corrected chi connectivity index (χ4v) is 2.95. The third-order valence-electron chi connectivity index (χ3n) is 4.34. The smallest absolute Gasteiger partial charge is 0.191 e. The van der Waals surface area contributed by atoms with Gasteiger partial charge in [0, 0.05) is 13.6 Å². The number of guanidine groups is 1. The van der Waals surface area contributed by atoms with Gasteiger partial charge < -0.3 is 15.7 Å². The molecule has 0 aliphatic heterocycles. The molecule has 3 aromatic rings. The molecule has 0 saturated heterocycles. The van der Waals surface area contributed by atoms with Crippen molar-refractivity contribution in [2.75, 3.05) is 7.05 Å². The van der Waals surface area contributed by atoms with E-state index in [1.54, 1.807) is 13.1 Å². The fourth-order valence-electron chi connectivity index (χ4n) is 2.95. The summed E-state index contributed by atoms with van der Waals surface area (Å²) in [6.45, 7) is 2.48. The molecule has 0 saturated carbocycles. The van der Waals surface area contributed by atoms with E-state index in [0.29, 0.717) is 12.5 Å². The summed E-state index contributed by atoms with van der Waals surface area (Å²) in [5.74, 6) is -0.351. The highest BCUT2D eigenvalue weighted by Gasteiger charge is 2.11. The van der Waals surface area contributed by atoms with E-state index in [9.17, 15) is 9.50 Å². The zero-order valence-corrected chi connectivity index (χ0v) is 14.8. The lowest BCUT2D eigenvalue weighted by atomic mass is 10.00. The van der Waals surface area contributed by atoms with E-state index < -0.39 is 5.82 Å². The van der Waals surface area contributed by atoms with Crippen molar-refractivity contribution in [2.24, 2.45) is 4.99 Å². The number of nitrogens with zero attached hydrogens (tertiary/aromatic N) is 1. The van der Waals surface area contributed by atoms with Gasteiger partial charge in [-0.25, -0.2) is 4.39 Å². The molecule has 0 spiro atoms. The molecular formula is C21H22FN3O. The van der Waals surface area contributed by atoms with Crippen molar-refractivity contribution in [1.29, 1.82) is 0 Å². The van der Waals surface area contributed by atoms with Gasteiger partial charge in [-0.3, -0.25) is 4.99 Å². The van der Waals surface area contributed by atoms with Crippen molar-refractivity contribution in [3.05, 3.63) is 77.6 Å². The summed E-state index contributed by atoms with van der Waals surface area (Å²) in [7, 11) is 1.70. The number of aliphatic imine (C=N–C) groups is 1. The van der Waals surface area contributed by atoms with E-state index in [1.807, 2.05) is 18.2 Å². The Labute approximate surface area is 152 Å². The van der Waals surface area contributed by atoms with Gasteiger partial charge in [0.2, 0.25) is 0 Å². The van der Waals surface area contributed by atoms with Crippen LogP contribution in [0.2, 0.25) is 0 Å². The SMILES string of the molecule is CN=C(NCc1ccc(O)c(F)c1)NC(C)c1cccc2ccccc12. The normalized spacial score (nSPS) is 12.8. The Balaban J connectivity index is 1.70. The van der Waals surface area contributed by atoms with Crippen molar-refractivity contribution in [2.45, 2.75) is 19.5 Å². The van der Waals surface area contributed by atoms with Gasteiger partial charge in [-0.15, -0.1) is 0 Å². The topological polar surface area (TPSA) is 56.7 Å². The van der Waals surface area contributed by atoms with Crippen LogP contribution in [0.3, 0.4) is 0 Å². The van der Waals surface area contributed by atoms with Crippen LogP contribution in [-0.4, -0.2) is 18.1 Å². The molecule has 3 rings (SSSR count). The maximum absolute atomic E-state index is 13.4. The monoisotopic (exact) mass is 351 g/mol. The van der Waals surface area contributed by atoms with Crippen LogP contribution in [0.15, 0.2) is 65.7 Å². The summed E-state index contributed by atoms with van der Waals surface area (Å²) < 4.78 is 13.4. The summed E-state index contributed by atoms with van der Waals surface area (Å²) in [5.41, 5.74) is 1.91. The van der Waals surface area contributed by atoms with Gasteiger partial charge in [-0.2, -0.15) is 0 Å². The third-order valence-corrected chi connectivity index (χ3v) is 4.34. The molecule has 26 heavy (non-hydrogen) atoms. The standard InChI is InChI=1S/C21H22FN3O/c1-14(17-9-5-7-16-6-3-4-8-18(16)17)25-21(23-2)24-13-15-10-11-20(26)19(22)12-15/h3-12,14,26H,13H2,1-2H3,(H2,23,24,25). The second kappa shape index (κ2) is 7.87. The molecule has 134 valence electrons. The van der Waals surface area contributed by atoms with Gasteiger partial charge in [-0.05, 0) is 41.0 Å². The second-order valence-electron chi connectivity index (χ2n) is 6.15. The van der Waals surface area contributed by atoms with Crippen LogP contribution in [0.4, 0.5) is 4.39 Å². The van der Waals surface area contributed by atoms with Crippen LogP contribution >= 0.6 is 0 Å². The van der Waals surface area contributed by atoms with Crippen molar-refractivity contribution in [1.82, 2.24) is 10.6 Å². The van der Waals surface area contributed by atoms with Gasteiger partial charge in [0.1, 0.15) is 0 Å². The number of fused-ring (bicyclic) bond motifs is 1. The molecule has 0 heterocycles. The molecule has 4 nitrogen and oxygen atoms in total. The molecule has 3 aromatic carbocycles. The van der Waals surface area contributed by atoms with E-state index in [0.717, 1.165) is 5.56 Å². The van der Waals surface area contributed by atoms with Crippen molar-refractivity contribution in [3.8, 4) is 5.75 Å². The molecule has 1 atom stereocenters. The van der Waals surface area contributed by atoms with Crippen molar-refractivity contribution in [3.63, 3.8) is 0 Å². The minimum atomic E-state index is -0.628. The number of hydrogen-bond acceptors (Lipinski definition) is 2. The molecule has 0 aromatic heterocycles. The Morgan fingerprint density at radius 1 is 1.12 bits per heavy atom. The number of phenolic OH excluding ortho intramolecular Hbond substituents is 1. The molecule has 0 aliphatic rings. The Morgan fingerprint density at radius 2 is 1.88 bits per heavy atom. The number of rotatable bonds is 4. The van der Waals surface area contributed by atoms with Crippen molar-refractivity contribution >= 4 is 16.7 Å². The zero-order valence-electron chi connectivity index (χ0n) is 14.8. The number of aromatic hydroxyl groups is 1. The van der Waals surface area contributed by atoms with Crippen LogP contribution in [0, 0.1) is 5.82 Å². The molecule has 0 fully saturated rings. The Hall–Kier alpha value is -3.08. The maximum Gasteiger partial charge on any atom is 0.191 e. The van der Waals surface area contributed by atoms with E-state index in [-0.39, 0.29) is 11.8 Å². The summed E-state index contributed by atoms with van der Waals surface area (Å²) in [5, 5.41) is 18.2. The van der Waals surface area contributed by atoms with Crippen LogP contribution < -0.4 is 10.6 Å². The first-order chi connectivity index (χ1) is 12.6. The van der Waals surface area contributed by atoms with Crippen LogP contribution in [0.25, 0.3) is 10.8 Å². The molecule has 1 unspecified atom stereocenters. The van der Waals surface area contributed by atoms with Crippen molar-refractivity contribution < 1.29 is 9.50 Å². The Morgan fingerprint density at radius 3 is 2.65 bits per heavy atom. The molecular weight excluding hydrogens is 329 g/mol. The zero-order chi connectivity index (χ0) is 18.5. The minimum Gasteiger partial charge on any atom is -0.505 e. The number of halogens is 1. The van der Waals surface area contributed by atoms with E-state index in [1.165, 1.54) is 28.5 Å². The van der Waals surface area contributed by atoms with Crippen LogP contribution in [0.5, 0.6) is 5.75 Å². The number of phenols is 1. The maximum atomic E-state index is 13.4. The van der Waals surface area contributed by atoms with Crippen LogP contribution in [-0.2, 0) is 6.54 Å². The highest BCUT2D eigenvalue weighted by molar-refractivity contribution is 5.87. The molecule has 0 radical (unpaired) electrons. The lowest BCUT2D eigenvalue weighted by Gasteiger charge is -2.20. The minimum absolute atomic E-state index is 0.0452. The Bertz CT molecular complexity index is 934. The Kier molecular flexibility index (Phi) is 5.37. The summed E-state index contributed by atoms with van der Waals surface area (Å²) >= 11 is 0. The number of benzene rings is 3. The highest BCUT2D eigenvalue weighted by atomic mass is 19.1. The summed E-state index contributed by atoms with van der Waals surface area (Å²) in [6, 6.07) is 18.9. The fraction of sp³-hybridized carbons (Fsp3) is 0.190. The number of nitrogens with one attached hydrogen (secondary N) is 2. The predicted octanol–water partition coefficient (Wildman–Crippen LogP) is 4.11. The average Bonchev–Trinajstić information content (AvgIpc) is 2.67. The van der Waals surface area contributed by atoms with E-state index >= 15 is 0 Å². The highest BCUT2D eigenvalue weighted by Crippen LogP contribution is 2.24. The van der Waals surface area contributed by atoms with Gasteiger partial charge in [0.15, 0.2) is 17.5 Å². The summed E-state index contributed by atoms with van der Waals surface area (Å²) in [4.78, 5) is 4.24. The predicted molar refractivity (Wildman–Crippen MR) is 104 cm³/mol. The largest absolute Gasteiger partial charge is 0.505 e. The summed E-state index contributed by atoms with van der Waals surface area (Å²) in [6.07, 6.45) is 0. The molecule has 5 heteroatoms. The first-order valence-corrected chi connectivity index (χ1v) is 8.50.